The SMILES string of the molecule is Cc1nc(CN(C)C(=O)Nc2ccc(F)cc2)cs1. The number of hydrogen-bond acceptors (Lipinski definition) is 3. The van der Waals surface area contributed by atoms with E-state index in [1.54, 1.807) is 18.4 Å². The van der Waals surface area contributed by atoms with Gasteiger partial charge in [0, 0.05) is 18.1 Å². The Bertz CT molecular complexity index is 568. The summed E-state index contributed by atoms with van der Waals surface area (Å²) in [5, 5.41) is 5.59. The van der Waals surface area contributed by atoms with Gasteiger partial charge in [0.1, 0.15) is 5.82 Å². The van der Waals surface area contributed by atoms with E-state index in [0.717, 1.165) is 10.7 Å². The molecule has 0 aliphatic rings. The number of halogens is 1. The maximum Gasteiger partial charge on any atom is 0.321 e. The van der Waals surface area contributed by atoms with Crippen LogP contribution in [0.15, 0.2) is 29.6 Å². The quantitative estimate of drug-likeness (QED) is 0.937. The lowest BCUT2D eigenvalue weighted by molar-refractivity contribution is 0.220. The number of rotatable bonds is 3. The van der Waals surface area contributed by atoms with Gasteiger partial charge >= 0.3 is 6.03 Å². The van der Waals surface area contributed by atoms with Gasteiger partial charge in [-0.1, -0.05) is 0 Å². The van der Waals surface area contributed by atoms with E-state index in [1.165, 1.54) is 29.2 Å². The molecule has 1 N–H and O–H groups in total. The lowest BCUT2D eigenvalue weighted by Crippen LogP contribution is -2.30. The van der Waals surface area contributed by atoms with E-state index < -0.39 is 0 Å². The fourth-order valence-electron chi connectivity index (χ4n) is 1.55. The van der Waals surface area contributed by atoms with Crippen molar-refractivity contribution < 1.29 is 9.18 Å². The fourth-order valence-corrected chi connectivity index (χ4v) is 2.15. The van der Waals surface area contributed by atoms with Gasteiger partial charge < -0.3 is 10.2 Å². The molecule has 1 aromatic carbocycles. The zero-order valence-electron chi connectivity index (χ0n) is 10.7. The van der Waals surface area contributed by atoms with Crippen molar-refractivity contribution in [2.45, 2.75) is 13.5 Å². The summed E-state index contributed by atoms with van der Waals surface area (Å²) < 4.78 is 12.7. The van der Waals surface area contributed by atoms with Crippen LogP contribution in [-0.2, 0) is 6.54 Å². The number of amides is 2. The number of urea groups is 1. The molecule has 0 unspecified atom stereocenters. The van der Waals surface area contributed by atoms with E-state index in [1.807, 2.05) is 12.3 Å². The molecule has 1 aromatic heterocycles. The molecule has 2 amide bonds. The van der Waals surface area contributed by atoms with Gasteiger partial charge in [-0.2, -0.15) is 0 Å². The lowest BCUT2D eigenvalue weighted by Gasteiger charge is -2.16. The van der Waals surface area contributed by atoms with Crippen molar-refractivity contribution in [1.29, 1.82) is 0 Å². The Morgan fingerprint density at radius 1 is 1.42 bits per heavy atom. The van der Waals surface area contributed by atoms with Gasteiger partial charge in [0.15, 0.2) is 0 Å². The number of carbonyl (C=O) groups is 1. The minimum absolute atomic E-state index is 0.253. The van der Waals surface area contributed by atoms with E-state index in [-0.39, 0.29) is 11.8 Å². The van der Waals surface area contributed by atoms with E-state index in [0.29, 0.717) is 12.2 Å². The highest BCUT2D eigenvalue weighted by atomic mass is 32.1. The predicted octanol–water partition coefficient (Wildman–Crippen LogP) is 3.25. The van der Waals surface area contributed by atoms with Crippen molar-refractivity contribution in [2.24, 2.45) is 0 Å². The summed E-state index contributed by atoms with van der Waals surface area (Å²) in [6.07, 6.45) is 0. The van der Waals surface area contributed by atoms with Crippen LogP contribution < -0.4 is 5.32 Å². The normalized spacial score (nSPS) is 10.3. The van der Waals surface area contributed by atoms with Gasteiger partial charge in [-0.3, -0.25) is 0 Å². The molecule has 0 spiro atoms. The second-order valence-corrected chi connectivity index (χ2v) is 5.21. The number of benzene rings is 1. The van der Waals surface area contributed by atoms with E-state index >= 15 is 0 Å². The van der Waals surface area contributed by atoms with E-state index in [9.17, 15) is 9.18 Å². The summed E-state index contributed by atoms with van der Waals surface area (Å²) in [6.45, 7) is 2.37. The Labute approximate surface area is 114 Å². The minimum Gasteiger partial charge on any atom is -0.322 e. The topological polar surface area (TPSA) is 45.2 Å². The Kier molecular flexibility index (Phi) is 4.11. The first-order valence-electron chi connectivity index (χ1n) is 5.73. The standard InChI is InChI=1S/C13H14FN3OS/c1-9-15-12(8-19-9)7-17(2)13(18)16-11-5-3-10(14)4-6-11/h3-6,8H,7H2,1-2H3,(H,16,18). The summed E-state index contributed by atoms with van der Waals surface area (Å²) in [5.41, 5.74) is 1.42. The molecular weight excluding hydrogens is 265 g/mol. The Balaban J connectivity index is 1.94. The van der Waals surface area contributed by atoms with Crippen LogP contribution >= 0.6 is 11.3 Å². The first-order valence-corrected chi connectivity index (χ1v) is 6.61. The highest BCUT2D eigenvalue weighted by Crippen LogP contribution is 2.12. The minimum atomic E-state index is -0.329. The third-order valence-corrected chi connectivity index (χ3v) is 3.33. The van der Waals surface area contributed by atoms with Crippen LogP contribution in [0, 0.1) is 12.7 Å². The van der Waals surface area contributed by atoms with Crippen molar-refractivity contribution in [3.05, 3.63) is 46.2 Å². The molecule has 100 valence electrons. The van der Waals surface area contributed by atoms with Gasteiger partial charge in [0.2, 0.25) is 0 Å². The van der Waals surface area contributed by atoms with Crippen LogP contribution in [0.2, 0.25) is 0 Å². The van der Waals surface area contributed by atoms with Crippen molar-refractivity contribution in [2.75, 3.05) is 12.4 Å². The van der Waals surface area contributed by atoms with E-state index in [2.05, 4.69) is 10.3 Å². The highest BCUT2D eigenvalue weighted by Gasteiger charge is 2.10. The second kappa shape index (κ2) is 5.79. The molecule has 0 aliphatic carbocycles. The zero-order chi connectivity index (χ0) is 13.8. The van der Waals surface area contributed by atoms with Crippen molar-refractivity contribution in [1.82, 2.24) is 9.88 Å². The van der Waals surface area contributed by atoms with Crippen molar-refractivity contribution >= 4 is 23.1 Å². The van der Waals surface area contributed by atoms with Gasteiger partial charge in [0.25, 0.3) is 0 Å². The maximum atomic E-state index is 12.7. The fraction of sp³-hybridized carbons (Fsp3) is 0.231. The molecule has 0 bridgehead atoms. The third-order valence-electron chi connectivity index (χ3n) is 2.51. The number of nitrogens with one attached hydrogen (secondary N) is 1. The molecule has 0 atom stereocenters. The second-order valence-electron chi connectivity index (χ2n) is 4.15. The smallest absolute Gasteiger partial charge is 0.321 e. The summed E-state index contributed by atoms with van der Waals surface area (Å²) >= 11 is 1.55. The molecule has 0 saturated carbocycles. The molecule has 19 heavy (non-hydrogen) atoms. The number of aryl methyl sites for hydroxylation is 1. The number of carbonyl (C=O) groups excluding carboxylic acids is 1. The van der Waals surface area contributed by atoms with Crippen LogP contribution in [0.5, 0.6) is 0 Å². The lowest BCUT2D eigenvalue weighted by atomic mass is 10.3. The highest BCUT2D eigenvalue weighted by molar-refractivity contribution is 7.09. The molecule has 1 heterocycles. The van der Waals surface area contributed by atoms with Gasteiger partial charge in [0.05, 0.1) is 17.2 Å². The molecule has 2 rings (SSSR count). The number of hydrogen-bond donors (Lipinski definition) is 1. The van der Waals surface area contributed by atoms with Crippen LogP contribution in [0.4, 0.5) is 14.9 Å². The van der Waals surface area contributed by atoms with Gasteiger partial charge in [-0.25, -0.2) is 14.2 Å². The molecule has 6 heteroatoms. The summed E-state index contributed by atoms with van der Waals surface area (Å²) in [6, 6.07) is 5.40. The molecule has 0 fully saturated rings. The van der Waals surface area contributed by atoms with Gasteiger partial charge in [-0.05, 0) is 31.2 Å². The molecule has 0 saturated heterocycles. The van der Waals surface area contributed by atoms with Crippen molar-refractivity contribution in [3.63, 3.8) is 0 Å². The van der Waals surface area contributed by atoms with Crippen LogP contribution in [0.3, 0.4) is 0 Å². The Hall–Kier alpha value is -1.95. The van der Waals surface area contributed by atoms with Crippen LogP contribution in [0.1, 0.15) is 10.7 Å². The molecule has 2 aromatic rings. The summed E-state index contributed by atoms with van der Waals surface area (Å²) in [7, 11) is 1.69. The predicted molar refractivity (Wildman–Crippen MR) is 73.7 cm³/mol. The first kappa shape index (κ1) is 13.5. The molecular formula is C13H14FN3OS. The molecule has 4 nitrogen and oxygen atoms in total. The van der Waals surface area contributed by atoms with Gasteiger partial charge in [-0.15, -0.1) is 11.3 Å². The Morgan fingerprint density at radius 3 is 2.68 bits per heavy atom. The maximum absolute atomic E-state index is 12.7. The average molecular weight is 279 g/mol. The number of aromatic nitrogens is 1. The monoisotopic (exact) mass is 279 g/mol. The molecule has 0 radical (unpaired) electrons. The Morgan fingerprint density at radius 2 is 2.11 bits per heavy atom. The van der Waals surface area contributed by atoms with Crippen molar-refractivity contribution in [3.8, 4) is 0 Å². The zero-order valence-corrected chi connectivity index (χ0v) is 11.5. The number of nitrogens with zero attached hydrogens (tertiary/aromatic N) is 2. The number of thiazole rings is 1. The van der Waals surface area contributed by atoms with Crippen LogP contribution in [0.25, 0.3) is 0 Å². The largest absolute Gasteiger partial charge is 0.322 e. The number of anilines is 1. The van der Waals surface area contributed by atoms with E-state index in [4.69, 9.17) is 0 Å². The molecule has 0 aliphatic heterocycles. The summed E-state index contributed by atoms with van der Waals surface area (Å²) in [5.74, 6) is -0.329. The summed E-state index contributed by atoms with van der Waals surface area (Å²) in [4.78, 5) is 17.7. The first-order chi connectivity index (χ1) is 9.04. The third kappa shape index (κ3) is 3.75. The average Bonchev–Trinajstić information content (AvgIpc) is 2.77. The van der Waals surface area contributed by atoms with Crippen LogP contribution in [-0.4, -0.2) is 23.0 Å².